The molecule has 28 heavy (non-hydrogen) atoms. The average Bonchev–Trinajstić information content (AvgIpc) is 3.36. The van der Waals surface area contributed by atoms with E-state index in [1.54, 1.807) is 0 Å². The Bertz CT molecular complexity index is 717. The van der Waals surface area contributed by atoms with E-state index in [0.29, 0.717) is 5.91 Å². The van der Waals surface area contributed by atoms with Crippen molar-refractivity contribution >= 4 is 23.6 Å². The van der Waals surface area contributed by atoms with Crippen LogP contribution in [0.25, 0.3) is 6.08 Å². The van der Waals surface area contributed by atoms with Crippen molar-refractivity contribution in [2.45, 2.75) is 45.3 Å². The molecular formula is C23H31ClN2O2. The Kier molecular flexibility index (Phi) is 5.82. The maximum Gasteiger partial charge on any atom is 0.226 e. The summed E-state index contributed by atoms with van der Waals surface area (Å²) >= 11 is 6.49. The molecule has 4 nitrogen and oxygen atoms in total. The second kappa shape index (κ2) is 8.17. The summed E-state index contributed by atoms with van der Waals surface area (Å²) in [7, 11) is 0. The third kappa shape index (κ3) is 4.45. The molecule has 1 aromatic carbocycles. The zero-order valence-electron chi connectivity index (χ0n) is 16.9. The van der Waals surface area contributed by atoms with E-state index in [2.05, 4.69) is 37.0 Å². The number of carbonyl (C=O) groups is 1. The number of hydrogen-bond donors (Lipinski definition) is 0. The molecule has 2 aliphatic heterocycles. The van der Waals surface area contributed by atoms with Gasteiger partial charge in [0.2, 0.25) is 5.91 Å². The Morgan fingerprint density at radius 1 is 1.18 bits per heavy atom. The van der Waals surface area contributed by atoms with Gasteiger partial charge >= 0.3 is 0 Å². The first-order valence-corrected chi connectivity index (χ1v) is 10.9. The molecule has 1 amide bonds. The maximum atomic E-state index is 13.0. The molecule has 1 unspecified atom stereocenters. The molecule has 1 spiro atoms. The normalized spacial score (nSPS) is 30.5. The molecule has 3 atom stereocenters. The van der Waals surface area contributed by atoms with Crippen LogP contribution >= 0.6 is 11.6 Å². The van der Waals surface area contributed by atoms with Crippen LogP contribution in [0.15, 0.2) is 35.4 Å². The third-order valence-corrected chi connectivity index (χ3v) is 6.80. The van der Waals surface area contributed by atoms with Crippen LogP contribution in [-0.4, -0.2) is 60.6 Å². The zero-order chi connectivity index (χ0) is 19.7. The van der Waals surface area contributed by atoms with Gasteiger partial charge in [-0.2, -0.15) is 0 Å². The molecular weight excluding hydrogens is 372 g/mol. The van der Waals surface area contributed by atoms with Crippen LogP contribution in [0.3, 0.4) is 0 Å². The van der Waals surface area contributed by atoms with E-state index in [-0.39, 0.29) is 23.5 Å². The molecule has 0 bridgehead atoms. The standard InChI is InChI=1S/C23H31ClN2O2/c1-17-14-26(15-18(2)28-17)22(27)21-13-23(21)8-10-25(11-9-23)16-20(24)12-19-6-4-3-5-7-19/h3-7,12,17-18,21H,8-11,13-16H2,1-2H3/t17-,18+,21?. The Hall–Kier alpha value is -1.36. The number of likely N-dealkylation sites (tertiary alicyclic amines) is 1. The van der Waals surface area contributed by atoms with Gasteiger partial charge in [-0.15, -0.1) is 0 Å². The Balaban J connectivity index is 1.28. The fourth-order valence-corrected chi connectivity index (χ4v) is 5.27. The summed E-state index contributed by atoms with van der Waals surface area (Å²) in [5.74, 6) is 0.583. The van der Waals surface area contributed by atoms with Crippen LogP contribution in [-0.2, 0) is 9.53 Å². The van der Waals surface area contributed by atoms with Crippen LogP contribution in [0.5, 0.6) is 0 Å². The summed E-state index contributed by atoms with van der Waals surface area (Å²) < 4.78 is 5.78. The number of benzene rings is 1. The molecule has 0 aromatic heterocycles. The minimum Gasteiger partial charge on any atom is -0.372 e. The number of carbonyl (C=O) groups excluding carboxylic acids is 1. The first-order valence-electron chi connectivity index (χ1n) is 10.5. The molecule has 2 saturated heterocycles. The molecule has 0 N–H and O–H groups in total. The average molecular weight is 403 g/mol. The summed E-state index contributed by atoms with van der Waals surface area (Å²) in [6.07, 6.45) is 5.61. The van der Waals surface area contributed by atoms with Crippen LogP contribution in [0.1, 0.15) is 38.7 Å². The third-order valence-electron chi connectivity index (χ3n) is 6.57. The van der Waals surface area contributed by atoms with E-state index in [0.717, 1.165) is 62.6 Å². The lowest BCUT2D eigenvalue weighted by Gasteiger charge is -2.37. The maximum absolute atomic E-state index is 13.0. The molecule has 1 aliphatic carbocycles. The van der Waals surface area contributed by atoms with Gasteiger partial charge in [0.1, 0.15) is 0 Å². The Labute approximate surface area is 173 Å². The Morgan fingerprint density at radius 2 is 1.82 bits per heavy atom. The molecule has 1 aromatic rings. The van der Waals surface area contributed by atoms with Crippen LogP contribution < -0.4 is 0 Å². The van der Waals surface area contributed by atoms with Gasteiger partial charge in [0, 0.05) is 30.6 Å². The summed E-state index contributed by atoms with van der Waals surface area (Å²) in [6.45, 7) is 8.44. The monoisotopic (exact) mass is 402 g/mol. The fraction of sp³-hybridized carbons (Fsp3) is 0.609. The molecule has 2 heterocycles. The number of hydrogen-bond acceptors (Lipinski definition) is 3. The number of piperidine rings is 1. The van der Waals surface area contributed by atoms with Crippen LogP contribution in [0, 0.1) is 11.3 Å². The van der Waals surface area contributed by atoms with Crippen LogP contribution in [0.4, 0.5) is 0 Å². The predicted molar refractivity (Wildman–Crippen MR) is 113 cm³/mol. The predicted octanol–water partition coefficient (Wildman–Crippen LogP) is 4.00. The Morgan fingerprint density at radius 3 is 2.46 bits per heavy atom. The highest BCUT2D eigenvalue weighted by Gasteiger charge is 2.59. The molecule has 152 valence electrons. The topological polar surface area (TPSA) is 32.8 Å². The van der Waals surface area contributed by atoms with Gasteiger partial charge in [-0.3, -0.25) is 9.69 Å². The lowest BCUT2D eigenvalue weighted by atomic mass is 9.90. The van der Waals surface area contributed by atoms with Crippen molar-refractivity contribution in [3.63, 3.8) is 0 Å². The second-order valence-electron chi connectivity index (χ2n) is 8.90. The molecule has 5 heteroatoms. The summed E-state index contributed by atoms with van der Waals surface area (Å²) in [5.41, 5.74) is 1.39. The van der Waals surface area contributed by atoms with Gasteiger partial charge in [-0.25, -0.2) is 0 Å². The highest BCUT2D eigenvalue weighted by atomic mass is 35.5. The molecule has 4 rings (SSSR count). The summed E-state index contributed by atoms with van der Waals surface area (Å²) in [5, 5.41) is 0.877. The largest absolute Gasteiger partial charge is 0.372 e. The SMILES string of the molecule is C[C@@H]1CN(C(=O)C2CC23CCN(CC(Cl)=Cc2ccccc2)CC3)C[C@H](C)O1. The van der Waals surface area contributed by atoms with Gasteiger partial charge < -0.3 is 9.64 Å². The van der Waals surface area contributed by atoms with Crippen LogP contribution in [0.2, 0.25) is 0 Å². The molecule has 0 radical (unpaired) electrons. The first kappa shape index (κ1) is 19.9. The zero-order valence-corrected chi connectivity index (χ0v) is 17.7. The quantitative estimate of drug-likeness (QED) is 0.762. The molecule has 3 fully saturated rings. The van der Waals surface area contributed by atoms with Gasteiger partial charge in [0.15, 0.2) is 0 Å². The number of ether oxygens (including phenoxy) is 1. The minimum atomic E-state index is 0.141. The highest BCUT2D eigenvalue weighted by Crippen LogP contribution is 2.60. The second-order valence-corrected chi connectivity index (χ2v) is 9.38. The van der Waals surface area contributed by atoms with Gasteiger partial charge in [0.05, 0.1) is 12.2 Å². The van der Waals surface area contributed by atoms with E-state index in [1.165, 1.54) is 0 Å². The van der Waals surface area contributed by atoms with Crippen molar-refractivity contribution in [2.24, 2.45) is 11.3 Å². The highest BCUT2D eigenvalue weighted by molar-refractivity contribution is 6.31. The van der Waals surface area contributed by atoms with Gasteiger partial charge in [0.25, 0.3) is 0 Å². The molecule has 3 aliphatic rings. The smallest absolute Gasteiger partial charge is 0.226 e. The number of amides is 1. The number of halogens is 1. The molecule has 1 saturated carbocycles. The lowest BCUT2D eigenvalue weighted by Crippen LogP contribution is -2.49. The number of morpholine rings is 1. The van der Waals surface area contributed by atoms with Crippen molar-refractivity contribution in [3.05, 3.63) is 40.9 Å². The van der Waals surface area contributed by atoms with E-state index < -0.39 is 0 Å². The fourth-order valence-electron chi connectivity index (χ4n) is 4.97. The van der Waals surface area contributed by atoms with E-state index in [9.17, 15) is 4.79 Å². The minimum absolute atomic E-state index is 0.141. The van der Waals surface area contributed by atoms with Gasteiger partial charge in [-0.1, -0.05) is 41.9 Å². The van der Waals surface area contributed by atoms with Crippen molar-refractivity contribution < 1.29 is 9.53 Å². The number of nitrogens with zero attached hydrogens (tertiary/aromatic N) is 2. The summed E-state index contributed by atoms with van der Waals surface area (Å²) in [6, 6.07) is 10.2. The van der Waals surface area contributed by atoms with E-state index in [4.69, 9.17) is 16.3 Å². The summed E-state index contributed by atoms with van der Waals surface area (Å²) in [4.78, 5) is 17.5. The van der Waals surface area contributed by atoms with Crippen molar-refractivity contribution in [2.75, 3.05) is 32.7 Å². The van der Waals surface area contributed by atoms with E-state index >= 15 is 0 Å². The van der Waals surface area contributed by atoms with Crippen molar-refractivity contribution in [3.8, 4) is 0 Å². The lowest BCUT2D eigenvalue weighted by molar-refractivity contribution is -0.145. The van der Waals surface area contributed by atoms with E-state index in [1.807, 2.05) is 23.1 Å². The number of rotatable bonds is 4. The van der Waals surface area contributed by atoms with Gasteiger partial charge in [-0.05, 0) is 63.3 Å². The van der Waals surface area contributed by atoms with Crippen molar-refractivity contribution in [1.82, 2.24) is 9.80 Å². The first-order chi connectivity index (χ1) is 13.4. The van der Waals surface area contributed by atoms with Crippen molar-refractivity contribution in [1.29, 1.82) is 0 Å².